The number of methoxy groups -OCH3 is 1. The average Bonchev–Trinajstić information content (AvgIpc) is 2.64. The zero-order valence-corrected chi connectivity index (χ0v) is 9.59. The summed E-state index contributed by atoms with van der Waals surface area (Å²) in [4.78, 5) is 0. The number of aromatic nitrogens is 3. The standard InChI is InChI=1S/C10H19N5O/c1-16-10-4-8(5-10)12-6-9-7-15(3-2-11)14-13-9/h7-8,10,12H,2-6,11H2,1H3. The Balaban J connectivity index is 1.69. The maximum atomic E-state index is 5.44. The molecule has 1 fully saturated rings. The average molecular weight is 225 g/mol. The molecule has 0 aliphatic heterocycles. The van der Waals surface area contributed by atoms with Gasteiger partial charge in [0.2, 0.25) is 0 Å². The van der Waals surface area contributed by atoms with Crippen molar-refractivity contribution in [1.29, 1.82) is 0 Å². The van der Waals surface area contributed by atoms with Crippen LogP contribution in [0.3, 0.4) is 0 Å². The Morgan fingerprint density at radius 2 is 2.44 bits per heavy atom. The second-order valence-corrected chi connectivity index (χ2v) is 4.17. The second-order valence-electron chi connectivity index (χ2n) is 4.17. The van der Waals surface area contributed by atoms with Gasteiger partial charge in [0.25, 0.3) is 0 Å². The molecule has 6 heteroatoms. The molecule has 0 amide bonds. The molecule has 1 aromatic rings. The fourth-order valence-electron chi connectivity index (χ4n) is 1.83. The summed E-state index contributed by atoms with van der Waals surface area (Å²) in [6.45, 7) is 2.09. The number of hydrogen-bond donors (Lipinski definition) is 2. The molecule has 1 saturated carbocycles. The van der Waals surface area contributed by atoms with E-state index in [0.717, 1.165) is 31.6 Å². The quantitative estimate of drug-likeness (QED) is 0.682. The van der Waals surface area contributed by atoms with E-state index in [1.807, 2.05) is 6.20 Å². The molecule has 0 atom stereocenters. The van der Waals surface area contributed by atoms with Gasteiger partial charge in [0, 0.05) is 32.4 Å². The van der Waals surface area contributed by atoms with Crippen LogP contribution in [0.1, 0.15) is 18.5 Å². The predicted molar refractivity (Wildman–Crippen MR) is 59.7 cm³/mol. The molecule has 16 heavy (non-hydrogen) atoms. The minimum Gasteiger partial charge on any atom is -0.381 e. The van der Waals surface area contributed by atoms with Gasteiger partial charge >= 0.3 is 0 Å². The van der Waals surface area contributed by atoms with E-state index in [1.165, 1.54) is 0 Å². The number of rotatable bonds is 6. The summed E-state index contributed by atoms with van der Waals surface area (Å²) in [6.07, 6.45) is 4.55. The smallest absolute Gasteiger partial charge is 0.0964 e. The van der Waals surface area contributed by atoms with Crippen LogP contribution in [0.15, 0.2) is 6.20 Å². The van der Waals surface area contributed by atoms with E-state index in [1.54, 1.807) is 11.8 Å². The van der Waals surface area contributed by atoms with E-state index in [2.05, 4.69) is 15.6 Å². The van der Waals surface area contributed by atoms with Crippen molar-refractivity contribution >= 4 is 0 Å². The number of hydrogen-bond acceptors (Lipinski definition) is 5. The highest BCUT2D eigenvalue weighted by Crippen LogP contribution is 2.22. The summed E-state index contributed by atoms with van der Waals surface area (Å²) >= 11 is 0. The van der Waals surface area contributed by atoms with Crippen molar-refractivity contribution in [3.8, 4) is 0 Å². The van der Waals surface area contributed by atoms with Crippen LogP contribution in [0.4, 0.5) is 0 Å². The Bertz CT molecular complexity index is 321. The van der Waals surface area contributed by atoms with Crippen molar-refractivity contribution in [3.05, 3.63) is 11.9 Å². The van der Waals surface area contributed by atoms with Crippen LogP contribution >= 0.6 is 0 Å². The van der Waals surface area contributed by atoms with Crippen LogP contribution in [0, 0.1) is 0 Å². The first-order valence-corrected chi connectivity index (χ1v) is 5.67. The molecule has 0 aromatic carbocycles. The SMILES string of the molecule is COC1CC(NCc2cn(CCN)nn2)C1. The summed E-state index contributed by atoms with van der Waals surface area (Å²) in [7, 11) is 1.76. The van der Waals surface area contributed by atoms with Crippen molar-refractivity contribution in [2.45, 2.75) is 38.1 Å². The Labute approximate surface area is 95.1 Å². The van der Waals surface area contributed by atoms with Crippen molar-refractivity contribution in [3.63, 3.8) is 0 Å². The maximum absolute atomic E-state index is 5.44. The third-order valence-electron chi connectivity index (χ3n) is 2.94. The first-order valence-electron chi connectivity index (χ1n) is 5.67. The Morgan fingerprint density at radius 3 is 3.12 bits per heavy atom. The van der Waals surface area contributed by atoms with Gasteiger partial charge in [-0.05, 0) is 12.8 Å². The molecular weight excluding hydrogens is 206 g/mol. The van der Waals surface area contributed by atoms with Crippen LogP contribution in [0.25, 0.3) is 0 Å². The lowest BCUT2D eigenvalue weighted by Gasteiger charge is -2.34. The third kappa shape index (κ3) is 2.78. The molecule has 3 N–H and O–H groups in total. The molecule has 1 aromatic heterocycles. The van der Waals surface area contributed by atoms with Crippen molar-refractivity contribution in [1.82, 2.24) is 20.3 Å². The van der Waals surface area contributed by atoms with Crippen LogP contribution in [-0.4, -0.2) is 40.8 Å². The van der Waals surface area contributed by atoms with Crippen molar-refractivity contribution in [2.24, 2.45) is 5.73 Å². The van der Waals surface area contributed by atoms with Gasteiger partial charge in [0.05, 0.1) is 18.3 Å². The van der Waals surface area contributed by atoms with Gasteiger partial charge in [-0.1, -0.05) is 5.21 Å². The van der Waals surface area contributed by atoms with E-state index in [4.69, 9.17) is 10.5 Å². The minimum atomic E-state index is 0.436. The van der Waals surface area contributed by atoms with Crippen molar-refractivity contribution in [2.75, 3.05) is 13.7 Å². The molecule has 0 spiro atoms. The Morgan fingerprint density at radius 1 is 1.62 bits per heavy atom. The predicted octanol–water partition coefficient (Wildman–Crippen LogP) is -0.496. The van der Waals surface area contributed by atoms with Gasteiger partial charge in [-0.3, -0.25) is 4.68 Å². The van der Waals surface area contributed by atoms with Crippen LogP contribution in [-0.2, 0) is 17.8 Å². The number of nitrogens with two attached hydrogens (primary N) is 1. The topological polar surface area (TPSA) is 78.0 Å². The minimum absolute atomic E-state index is 0.436. The van der Waals surface area contributed by atoms with E-state index in [9.17, 15) is 0 Å². The van der Waals surface area contributed by atoms with Gasteiger partial charge in [0.1, 0.15) is 0 Å². The largest absolute Gasteiger partial charge is 0.381 e. The lowest BCUT2D eigenvalue weighted by Crippen LogP contribution is -2.44. The lowest BCUT2D eigenvalue weighted by molar-refractivity contribution is 0.0169. The fourth-order valence-corrected chi connectivity index (χ4v) is 1.83. The zero-order chi connectivity index (χ0) is 11.4. The summed E-state index contributed by atoms with van der Waals surface area (Å²) in [6, 6.07) is 0.560. The first-order chi connectivity index (χ1) is 7.81. The highest BCUT2D eigenvalue weighted by atomic mass is 16.5. The third-order valence-corrected chi connectivity index (χ3v) is 2.94. The Hall–Kier alpha value is -0.980. The molecule has 0 radical (unpaired) electrons. The number of nitrogens with one attached hydrogen (secondary N) is 1. The Kier molecular flexibility index (Phi) is 3.87. The van der Waals surface area contributed by atoms with Gasteiger partial charge in [0.15, 0.2) is 0 Å². The zero-order valence-electron chi connectivity index (χ0n) is 9.59. The highest BCUT2D eigenvalue weighted by molar-refractivity contribution is 4.94. The van der Waals surface area contributed by atoms with Crippen LogP contribution in [0.5, 0.6) is 0 Å². The lowest BCUT2D eigenvalue weighted by atomic mass is 9.89. The summed E-state index contributed by atoms with van der Waals surface area (Å²) in [5, 5.41) is 11.5. The molecule has 90 valence electrons. The van der Waals surface area contributed by atoms with Crippen molar-refractivity contribution < 1.29 is 4.74 Å². The van der Waals surface area contributed by atoms with Gasteiger partial charge in [-0.15, -0.1) is 5.10 Å². The second kappa shape index (κ2) is 5.38. The molecule has 0 bridgehead atoms. The molecule has 2 rings (SSSR count). The van der Waals surface area contributed by atoms with E-state index in [-0.39, 0.29) is 0 Å². The van der Waals surface area contributed by atoms with E-state index < -0.39 is 0 Å². The maximum Gasteiger partial charge on any atom is 0.0964 e. The molecule has 0 saturated heterocycles. The van der Waals surface area contributed by atoms with Crippen LogP contribution in [0.2, 0.25) is 0 Å². The van der Waals surface area contributed by atoms with Gasteiger partial charge < -0.3 is 15.8 Å². The number of nitrogens with zero attached hydrogens (tertiary/aromatic N) is 3. The summed E-state index contributed by atoms with van der Waals surface area (Å²) < 4.78 is 6.99. The first kappa shape index (κ1) is 11.5. The molecule has 1 heterocycles. The van der Waals surface area contributed by atoms with Gasteiger partial charge in [-0.2, -0.15) is 0 Å². The normalized spacial score (nSPS) is 24.4. The molecule has 0 unspecified atom stereocenters. The van der Waals surface area contributed by atoms with Crippen LogP contribution < -0.4 is 11.1 Å². The van der Waals surface area contributed by atoms with E-state index >= 15 is 0 Å². The number of ether oxygens (including phenoxy) is 1. The monoisotopic (exact) mass is 225 g/mol. The molecule has 6 nitrogen and oxygen atoms in total. The molecular formula is C10H19N5O. The summed E-state index contributed by atoms with van der Waals surface area (Å²) in [5.74, 6) is 0. The molecule has 1 aliphatic carbocycles. The highest BCUT2D eigenvalue weighted by Gasteiger charge is 2.28. The van der Waals surface area contributed by atoms with Gasteiger partial charge in [-0.25, -0.2) is 0 Å². The summed E-state index contributed by atoms with van der Waals surface area (Å²) in [5.41, 5.74) is 6.40. The van der Waals surface area contributed by atoms with E-state index in [0.29, 0.717) is 18.7 Å². The fraction of sp³-hybridized carbons (Fsp3) is 0.800. The molecule has 1 aliphatic rings.